The Bertz CT molecular complexity index is 720. The Morgan fingerprint density at radius 3 is 2.58 bits per heavy atom. The lowest BCUT2D eigenvalue weighted by Crippen LogP contribution is -2.13. The van der Waals surface area contributed by atoms with Crippen molar-refractivity contribution in [3.8, 4) is 0 Å². The van der Waals surface area contributed by atoms with Crippen molar-refractivity contribution in [3.05, 3.63) is 66.6 Å². The molecule has 2 aromatic heterocycles. The first-order chi connectivity index (χ1) is 9.34. The molecule has 92 valence electrons. The molecule has 0 atom stereocenters. The summed E-state index contributed by atoms with van der Waals surface area (Å²) in [7, 11) is 0. The van der Waals surface area contributed by atoms with Crippen LogP contribution in [0.3, 0.4) is 0 Å². The molecular weight excluding hydrogens is 238 g/mol. The van der Waals surface area contributed by atoms with Gasteiger partial charge in [-0.2, -0.15) is 0 Å². The minimum absolute atomic E-state index is 0.237. The van der Waals surface area contributed by atoms with Gasteiger partial charge in [0.05, 0.1) is 11.2 Å². The summed E-state index contributed by atoms with van der Waals surface area (Å²) in [4.78, 5) is 20.4. The van der Waals surface area contributed by atoms with E-state index in [1.54, 1.807) is 30.6 Å². The number of nitrogens with zero attached hydrogens (tertiary/aromatic N) is 2. The number of fused-ring (bicyclic) bond motifs is 1. The molecule has 0 unspecified atom stereocenters. The van der Waals surface area contributed by atoms with Gasteiger partial charge in [0.15, 0.2) is 0 Å². The SMILES string of the molecule is O=C(Nc1cccc2cccnc12)c1ccccn1. The van der Waals surface area contributed by atoms with Crippen molar-refractivity contribution in [3.63, 3.8) is 0 Å². The fourth-order valence-electron chi connectivity index (χ4n) is 1.89. The highest BCUT2D eigenvalue weighted by molar-refractivity contribution is 6.07. The first-order valence-electron chi connectivity index (χ1n) is 5.91. The Morgan fingerprint density at radius 2 is 1.74 bits per heavy atom. The molecule has 0 bridgehead atoms. The predicted molar refractivity (Wildman–Crippen MR) is 73.9 cm³/mol. The van der Waals surface area contributed by atoms with Gasteiger partial charge in [0.25, 0.3) is 5.91 Å². The fraction of sp³-hybridized carbons (Fsp3) is 0. The van der Waals surface area contributed by atoms with Crippen LogP contribution in [0, 0.1) is 0 Å². The predicted octanol–water partition coefficient (Wildman–Crippen LogP) is 2.88. The number of carbonyl (C=O) groups excluding carboxylic acids is 1. The average Bonchev–Trinajstić information content (AvgIpc) is 2.48. The molecule has 3 aromatic rings. The third-order valence-corrected chi connectivity index (χ3v) is 2.78. The van der Waals surface area contributed by atoms with Gasteiger partial charge in [-0.1, -0.05) is 24.3 Å². The van der Waals surface area contributed by atoms with Crippen molar-refractivity contribution in [2.24, 2.45) is 0 Å². The van der Waals surface area contributed by atoms with Crippen LogP contribution >= 0.6 is 0 Å². The molecule has 1 aromatic carbocycles. The zero-order valence-electron chi connectivity index (χ0n) is 10.1. The molecule has 0 radical (unpaired) electrons. The molecule has 0 aliphatic carbocycles. The monoisotopic (exact) mass is 249 g/mol. The van der Waals surface area contributed by atoms with E-state index >= 15 is 0 Å². The fourth-order valence-corrected chi connectivity index (χ4v) is 1.89. The van der Waals surface area contributed by atoms with Gasteiger partial charge in [-0.15, -0.1) is 0 Å². The maximum absolute atomic E-state index is 12.1. The van der Waals surface area contributed by atoms with Crippen molar-refractivity contribution in [2.45, 2.75) is 0 Å². The molecule has 0 saturated carbocycles. The molecule has 1 N–H and O–H groups in total. The molecule has 0 aliphatic rings. The van der Waals surface area contributed by atoms with Crippen molar-refractivity contribution in [1.82, 2.24) is 9.97 Å². The van der Waals surface area contributed by atoms with Crippen LogP contribution in [0.2, 0.25) is 0 Å². The lowest BCUT2D eigenvalue weighted by molar-refractivity contribution is 0.102. The number of amides is 1. The van der Waals surface area contributed by atoms with Crippen LogP contribution in [-0.2, 0) is 0 Å². The first kappa shape index (κ1) is 11.3. The molecule has 1 amide bonds. The van der Waals surface area contributed by atoms with Gasteiger partial charge in [0.1, 0.15) is 5.69 Å². The summed E-state index contributed by atoms with van der Waals surface area (Å²) in [6, 6.07) is 14.7. The Balaban J connectivity index is 1.96. The number of carbonyl (C=O) groups is 1. The summed E-state index contributed by atoms with van der Waals surface area (Å²) >= 11 is 0. The van der Waals surface area contributed by atoms with Gasteiger partial charge in [0, 0.05) is 17.8 Å². The molecule has 4 heteroatoms. The highest BCUT2D eigenvalue weighted by atomic mass is 16.1. The third-order valence-electron chi connectivity index (χ3n) is 2.78. The number of rotatable bonds is 2. The Kier molecular flexibility index (Phi) is 2.90. The van der Waals surface area contributed by atoms with E-state index in [9.17, 15) is 4.79 Å². The molecule has 0 aliphatic heterocycles. The summed E-state index contributed by atoms with van der Waals surface area (Å²) in [5, 5.41) is 3.82. The second-order valence-corrected chi connectivity index (χ2v) is 4.05. The standard InChI is InChI=1S/C15H11N3O/c19-15(13-7-1-2-9-16-13)18-12-8-3-5-11-6-4-10-17-14(11)12/h1-10H,(H,18,19). The second kappa shape index (κ2) is 4.86. The maximum Gasteiger partial charge on any atom is 0.274 e. The molecular formula is C15H11N3O. The topological polar surface area (TPSA) is 54.9 Å². The summed E-state index contributed by atoms with van der Waals surface area (Å²) in [6.07, 6.45) is 3.30. The lowest BCUT2D eigenvalue weighted by atomic mass is 10.2. The largest absolute Gasteiger partial charge is 0.319 e. The van der Waals surface area contributed by atoms with Crippen LogP contribution in [0.1, 0.15) is 10.5 Å². The van der Waals surface area contributed by atoms with Gasteiger partial charge in [-0.05, 0) is 24.3 Å². The number of nitrogens with one attached hydrogen (secondary N) is 1. The average molecular weight is 249 g/mol. The van der Waals surface area contributed by atoms with Gasteiger partial charge >= 0.3 is 0 Å². The molecule has 3 rings (SSSR count). The first-order valence-corrected chi connectivity index (χ1v) is 5.91. The van der Waals surface area contributed by atoms with Crippen LogP contribution in [-0.4, -0.2) is 15.9 Å². The van der Waals surface area contributed by atoms with Crippen molar-refractivity contribution in [1.29, 1.82) is 0 Å². The van der Waals surface area contributed by atoms with Crippen LogP contribution in [0.15, 0.2) is 60.9 Å². The zero-order valence-corrected chi connectivity index (χ0v) is 10.1. The van der Waals surface area contributed by atoms with Crippen molar-refractivity contribution in [2.75, 3.05) is 5.32 Å². The number of benzene rings is 1. The third kappa shape index (κ3) is 2.28. The van der Waals surface area contributed by atoms with Gasteiger partial charge in [-0.25, -0.2) is 0 Å². The zero-order chi connectivity index (χ0) is 13.1. The number of hydrogen-bond acceptors (Lipinski definition) is 3. The number of anilines is 1. The molecule has 4 nitrogen and oxygen atoms in total. The number of hydrogen-bond donors (Lipinski definition) is 1. The van der Waals surface area contributed by atoms with Gasteiger partial charge in [-0.3, -0.25) is 14.8 Å². The lowest BCUT2D eigenvalue weighted by Gasteiger charge is -2.07. The van der Waals surface area contributed by atoms with Crippen LogP contribution < -0.4 is 5.32 Å². The van der Waals surface area contributed by atoms with E-state index in [4.69, 9.17) is 0 Å². The van der Waals surface area contributed by atoms with E-state index in [-0.39, 0.29) is 5.91 Å². The Hall–Kier alpha value is -2.75. The van der Waals surface area contributed by atoms with Crippen LogP contribution in [0.5, 0.6) is 0 Å². The molecule has 0 fully saturated rings. The molecule has 19 heavy (non-hydrogen) atoms. The number of aromatic nitrogens is 2. The van der Waals surface area contributed by atoms with Crippen molar-refractivity contribution >= 4 is 22.5 Å². The normalized spacial score (nSPS) is 10.3. The van der Waals surface area contributed by atoms with E-state index in [0.29, 0.717) is 11.4 Å². The van der Waals surface area contributed by atoms with E-state index in [1.807, 2.05) is 30.3 Å². The maximum atomic E-state index is 12.1. The smallest absolute Gasteiger partial charge is 0.274 e. The minimum Gasteiger partial charge on any atom is -0.319 e. The second-order valence-electron chi connectivity index (χ2n) is 4.05. The van der Waals surface area contributed by atoms with Crippen LogP contribution in [0.25, 0.3) is 10.9 Å². The summed E-state index contributed by atoms with van der Waals surface area (Å²) in [5.74, 6) is -0.237. The summed E-state index contributed by atoms with van der Waals surface area (Å²) in [6.45, 7) is 0. The summed E-state index contributed by atoms with van der Waals surface area (Å²) in [5.41, 5.74) is 1.85. The minimum atomic E-state index is -0.237. The van der Waals surface area contributed by atoms with Gasteiger partial charge in [0.2, 0.25) is 0 Å². The Labute approximate surface area is 110 Å². The Morgan fingerprint density at radius 1 is 0.895 bits per heavy atom. The van der Waals surface area contributed by atoms with E-state index in [0.717, 1.165) is 10.9 Å². The van der Waals surface area contributed by atoms with Crippen LogP contribution in [0.4, 0.5) is 5.69 Å². The van der Waals surface area contributed by atoms with E-state index < -0.39 is 0 Å². The number of para-hydroxylation sites is 1. The highest BCUT2D eigenvalue weighted by Gasteiger charge is 2.09. The van der Waals surface area contributed by atoms with E-state index in [2.05, 4.69) is 15.3 Å². The summed E-state index contributed by atoms with van der Waals surface area (Å²) < 4.78 is 0. The van der Waals surface area contributed by atoms with Crippen molar-refractivity contribution < 1.29 is 4.79 Å². The molecule has 0 saturated heterocycles. The highest BCUT2D eigenvalue weighted by Crippen LogP contribution is 2.20. The quantitative estimate of drug-likeness (QED) is 0.759. The molecule has 2 heterocycles. The number of pyridine rings is 2. The molecule has 0 spiro atoms. The van der Waals surface area contributed by atoms with E-state index in [1.165, 1.54) is 0 Å². The van der Waals surface area contributed by atoms with Gasteiger partial charge < -0.3 is 5.32 Å².